The molecule has 98 valence electrons. The van der Waals surface area contributed by atoms with Crippen molar-refractivity contribution in [2.24, 2.45) is 0 Å². The Balaban J connectivity index is 2.08. The zero-order valence-electron chi connectivity index (χ0n) is 10.4. The van der Waals surface area contributed by atoms with Gasteiger partial charge in [-0.3, -0.25) is 9.59 Å². The lowest BCUT2D eigenvalue weighted by molar-refractivity contribution is 0.0934. The largest absolute Gasteiger partial charge is 0.399 e. The number of rotatable bonds is 3. The van der Waals surface area contributed by atoms with Gasteiger partial charge in [0, 0.05) is 11.9 Å². The van der Waals surface area contributed by atoms with Gasteiger partial charge in [-0.25, -0.2) is 4.98 Å². The summed E-state index contributed by atoms with van der Waals surface area (Å²) in [7, 11) is 0. The molecule has 0 bridgehead atoms. The summed E-state index contributed by atoms with van der Waals surface area (Å²) in [5, 5.41) is 2.79. The van der Waals surface area contributed by atoms with Gasteiger partial charge < -0.3 is 16.0 Å². The minimum atomic E-state index is -0.347. The van der Waals surface area contributed by atoms with Crippen molar-refractivity contribution in [3.63, 3.8) is 0 Å². The molecule has 0 radical (unpaired) electrons. The molecular weight excluding hydrogens is 244 g/mol. The summed E-state index contributed by atoms with van der Waals surface area (Å²) in [4.78, 5) is 28.9. The van der Waals surface area contributed by atoms with E-state index in [1.807, 2.05) is 19.1 Å². The van der Waals surface area contributed by atoms with Gasteiger partial charge in [0.15, 0.2) is 0 Å². The van der Waals surface area contributed by atoms with Gasteiger partial charge in [0.2, 0.25) is 0 Å². The maximum absolute atomic E-state index is 11.9. The zero-order valence-corrected chi connectivity index (χ0v) is 10.4. The van der Waals surface area contributed by atoms with Crippen LogP contribution in [0.4, 0.5) is 5.69 Å². The summed E-state index contributed by atoms with van der Waals surface area (Å²) in [6.45, 7) is 1.86. The van der Waals surface area contributed by atoms with Gasteiger partial charge >= 0.3 is 0 Å². The van der Waals surface area contributed by atoms with E-state index in [4.69, 9.17) is 5.73 Å². The first-order valence-electron chi connectivity index (χ1n) is 5.77. The number of anilines is 1. The lowest BCUT2D eigenvalue weighted by Crippen LogP contribution is -2.28. The van der Waals surface area contributed by atoms with E-state index < -0.39 is 0 Å². The van der Waals surface area contributed by atoms with E-state index in [0.29, 0.717) is 5.69 Å². The number of nitrogen functional groups attached to an aromatic ring is 1. The molecule has 0 spiro atoms. The minimum absolute atomic E-state index is 0.168. The number of amides is 1. The summed E-state index contributed by atoms with van der Waals surface area (Å²) < 4.78 is 0. The Morgan fingerprint density at radius 3 is 2.63 bits per heavy atom. The molecule has 1 unspecified atom stereocenters. The van der Waals surface area contributed by atoms with E-state index in [2.05, 4.69) is 15.3 Å². The Labute approximate surface area is 109 Å². The van der Waals surface area contributed by atoms with Crippen LogP contribution in [-0.4, -0.2) is 15.9 Å². The molecule has 4 N–H and O–H groups in total. The number of carbonyl (C=O) groups is 1. The van der Waals surface area contributed by atoms with Gasteiger partial charge in [0.05, 0.1) is 12.2 Å². The quantitative estimate of drug-likeness (QED) is 0.710. The van der Waals surface area contributed by atoms with Crippen LogP contribution in [0.3, 0.4) is 0 Å². The highest BCUT2D eigenvalue weighted by Gasteiger charge is 2.12. The van der Waals surface area contributed by atoms with E-state index in [-0.39, 0.29) is 23.2 Å². The molecule has 2 rings (SSSR count). The van der Waals surface area contributed by atoms with Crippen LogP contribution in [0.25, 0.3) is 0 Å². The number of H-pyrrole nitrogens is 1. The number of aromatic amines is 1. The third-order valence-electron chi connectivity index (χ3n) is 2.69. The molecule has 6 heteroatoms. The zero-order chi connectivity index (χ0) is 13.8. The molecule has 0 aliphatic rings. The number of hydrogen-bond donors (Lipinski definition) is 3. The van der Waals surface area contributed by atoms with Crippen molar-refractivity contribution in [1.29, 1.82) is 0 Å². The standard InChI is InChI=1S/C13H14N4O2/c1-8(9-2-4-10(14)5-3-9)17-13(19)11-6-16-12(18)7-15-11/h2-8H,14H2,1H3,(H,16,18)(H,17,19). The average Bonchev–Trinajstić information content (AvgIpc) is 2.40. The third kappa shape index (κ3) is 3.19. The number of nitrogens with two attached hydrogens (primary N) is 1. The normalized spacial score (nSPS) is 11.8. The number of hydrogen-bond acceptors (Lipinski definition) is 4. The van der Waals surface area contributed by atoms with E-state index >= 15 is 0 Å². The Bertz CT molecular complexity index is 613. The molecule has 0 saturated carbocycles. The van der Waals surface area contributed by atoms with Crippen molar-refractivity contribution in [2.45, 2.75) is 13.0 Å². The Morgan fingerprint density at radius 2 is 2.05 bits per heavy atom. The van der Waals surface area contributed by atoms with Crippen molar-refractivity contribution >= 4 is 11.6 Å². The van der Waals surface area contributed by atoms with Crippen LogP contribution < -0.4 is 16.6 Å². The molecule has 0 aliphatic heterocycles. The second-order valence-corrected chi connectivity index (χ2v) is 4.16. The van der Waals surface area contributed by atoms with Crippen molar-refractivity contribution < 1.29 is 4.79 Å². The number of carbonyl (C=O) groups excluding carboxylic acids is 1. The van der Waals surface area contributed by atoms with Gasteiger partial charge in [0.25, 0.3) is 11.5 Å². The fourth-order valence-corrected chi connectivity index (χ4v) is 1.60. The Morgan fingerprint density at radius 1 is 1.37 bits per heavy atom. The highest BCUT2D eigenvalue weighted by atomic mass is 16.2. The van der Waals surface area contributed by atoms with E-state index in [1.165, 1.54) is 6.20 Å². The van der Waals surface area contributed by atoms with Crippen LogP contribution in [0.15, 0.2) is 41.5 Å². The van der Waals surface area contributed by atoms with E-state index in [1.54, 1.807) is 12.1 Å². The minimum Gasteiger partial charge on any atom is -0.399 e. The molecule has 6 nitrogen and oxygen atoms in total. The molecule has 2 aromatic rings. The van der Waals surface area contributed by atoms with E-state index in [9.17, 15) is 9.59 Å². The van der Waals surface area contributed by atoms with Gasteiger partial charge in [-0.15, -0.1) is 0 Å². The highest BCUT2D eigenvalue weighted by Crippen LogP contribution is 2.14. The molecular formula is C13H14N4O2. The molecule has 19 heavy (non-hydrogen) atoms. The second kappa shape index (κ2) is 5.34. The lowest BCUT2D eigenvalue weighted by atomic mass is 10.1. The Kier molecular flexibility index (Phi) is 3.61. The third-order valence-corrected chi connectivity index (χ3v) is 2.69. The molecule has 1 aromatic carbocycles. The van der Waals surface area contributed by atoms with Crippen LogP contribution >= 0.6 is 0 Å². The molecule has 1 aromatic heterocycles. The number of benzene rings is 1. The molecule has 1 amide bonds. The lowest BCUT2D eigenvalue weighted by Gasteiger charge is -2.14. The summed E-state index contributed by atoms with van der Waals surface area (Å²) in [5.74, 6) is -0.347. The topological polar surface area (TPSA) is 101 Å². The first-order valence-corrected chi connectivity index (χ1v) is 5.77. The summed E-state index contributed by atoms with van der Waals surface area (Å²) >= 11 is 0. The molecule has 0 saturated heterocycles. The van der Waals surface area contributed by atoms with Crippen molar-refractivity contribution in [2.75, 3.05) is 5.73 Å². The highest BCUT2D eigenvalue weighted by molar-refractivity contribution is 5.92. The second-order valence-electron chi connectivity index (χ2n) is 4.16. The first-order chi connectivity index (χ1) is 9.06. The molecule has 0 fully saturated rings. The van der Waals surface area contributed by atoms with Gasteiger partial charge in [-0.2, -0.15) is 0 Å². The Hall–Kier alpha value is -2.63. The van der Waals surface area contributed by atoms with Gasteiger partial charge in [0.1, 0.15) is 5.69 Å². The first kappa shape index (κ1) is 12.8. The smallest absolute Gasteiger partial charge is 0.271 e. The van der Waals surface area contributed by atoms with Gasteiger partial charge in [-0.05, 0) is 24.6 Å². The maximum Gasteiger partial charge on any atom is 0.271 e. The van der Waals surface area contributed by atoms with E-state index in [0.717, 1.165) is 11.8 Å². The van der Waals surface area contributed by atoms with Crippen molar-refractivity contribution in [3.05, 3.63) is 58.3 Å². The SMILES string of the molecule is CC(NC(=O)c1c[nH]c(=O)cn1)c1ccc(N)cc1. The molecule has 1 atom stereocenters. The predicted octanol–water partition coefficient (Wildman–Crippen LogP) is 0.843. The molecule has 0 aliphatic carbocycles. The van der Waals surface area contributed by atoms with Crippen LogP contribution in [-0.2, 0) is 0 Å². The van der Waals surface area contributed by atoms with Crippen LogP contribution in [0.2, 0.25) is 0 Å². The van der Waals surface area contributed by atoms with Crippen LogP contribution in [0.5, 0.6) is 0 Å². The van der Waals surface area contributed by atoms with Crippen LogP contribution in [0.1, 0.15) is 29.0 Å². The van der Waals surface area contributed by atoms with Crippen molar-refractivity contribution in [1.82, 2.24) is 15.3 Å². The van der Waals surface area contributed by atoms with Crippen LogP contribution in [0, 0.1) is 0 Å². The van der Waals surface area contributed by atoms with Gasteiger partial charge in [-0.1, -0.05) is 12.1 Å². The fraction of sp³-hybridized carbons (Fsp3) is 0.154. The predicted molar refractivity (Wildman–Crippen MR) is 71.6 cm³/mol. The monoisotopic (exact) mass is 258 g/mol. The van der Waals surface area contributed by atoms with Crippen molar-refractivity contribution in [3.8, 4) is 0 Å². The number of nitrogens with zero attached hydrogens (tertiary/aromatic N) is 1. The summed E-state index contributed by atoms with van der Waals surface area (Å²) in [6.07, 6.45) is 2.36. The average molecular weight is 258 g/mol. The summed E-state index contributed by atoms with van der Waals surface area (Å²) in [6, 6.07) is 7.06. The fourth-order valence-electron chi connectivity index (χ4n) is 1.60. The number of nitrogens with one attached hydrogen (secondary N) is 2. The number of aromatic nitrogens is 2. The summed E-state index contributed by atoms with van der Waals surface area (Å²) in [5.41, 5.74) is 7.03. The maximum atomic E-state index is 11.9. The molecule has 1 heterocycles.